The van der Waals surface area contributed by atoms with E-state index >= 15 is 0 Å². The van der Waals surface area contributed by atoms with Crippen LogP contribution in [0.1, 0.15) is 16.8 Å². The van der Waals surface area contributed by atoms with Crippen LogP contribution in [0.5, 0.6) is 0 Å². The minimum absolute atomic E-state index is 0.273. The lowest BCUT2D eigenvalue weighted by Crippen LogP contribution is -1.95. The summed E-state index contributed by atoms with van der Waals surface area (Å²) in [5.74, 6) is -0.273. The molecule has 1 heterocycles. The van der Waals surface area contributed by atoms with Crippen LogP contribution in [0.3, 0.4) is 0 Å². The van der Waals surface area contributed by atoms with Gasteiger partial charge in [0.15, 0.2) is 0 Å². The number of rotatable bonds is 3. The largest absolute Gasteiger partial charge is 0.278 e. The number of benzene rings is 2. The van der Waals surface area contributed by atoms with Crippen LogP contribution in [0.15, 0.2) is 53.6 Å². The smallest absolute Gasteiger partial charge is 0.123 e. The van der Waals surface area contributed by atoms with Crippen LogP contribution in [-0.2, 0) is 0 Å². The molecule has 0 radical (unpaired) electrons. The lowest BCUT2D eigenvalue weighted by Gasteiger charge is -2.07. The summed E-state index contributed by atoms with van der Waals surface area (Å²) in [5.41, 5.74) is 7.63. The Labute approximate surface area is 128 Å². The highest BCUT2D eigenvalue weighted by Gasteiger charge is 2.03. The van der Waals surface area contributed by atoms with Gasteiger partial charge in [0.05, 0.1) is 17.4 Å². The fourth-order valence-electron chi connectivity index (χ4n) is 2.33. The molecular weight excluding hydrogens is 277 g/mol. The van der Waals surface area contributed by atoms with Gasteiger partial charge in [0.25, 0.3) is 0 Å². The summed E-state index contributed by atoms with van der Waals surface area (Å²) in [7, 11) is 0. The van der Waals surface area contributed by atoms with Crippen molar-refractivity contribution in [1.82, 2.24) is 4.98 Å². The summed E-state index contributed by atoms with van der Waals surface area (Å²) in [6.07, 6.45) is 1.60. The second kappa shape index (κ2) is 5.93. The Morgan fingerprint density at radius 2 is 1.95 bits per heavy atom. The van der Waals surface area contributed by atoms with Crippen molar-refractivity contribution >= 4 is 22.8 Å². The van der Waals surface area contributed by atoms with Gasteiger partial charge in [-0.3, -0.25) is 10.4 Å². The Hall–Kier alpha value is -2.75. The summed E-state index contributed by atoms with van der Waals surface area (Å²) in [6, 6.07) is 14.4. The number of halogens is 1. The van der Waals surface area contributed by atoms with Gasteiger partial charge in [-0.25, -0.2) is 4.39 Å². The number of nitrogens with one attached hydrogen (secondary N) is 1. The van der Waals surface area contributed by atoms with Crippen molar-refractivity contribution in [2.24, 2.45) is 5.10 Å². The molecular formula is C18H16FN3. The zero-order chi connectivity index (χ0) is 15.5. The summed E-state index contributed by atoms with van der Waals surface area (Å²) in [5, 5.41) is 5.20. The van der Waals surface area contributed by atoms with E-state index in [1.54, 1.807) is 18.3 Å². The molecule has 0 aliphatic rings. The fourth-order valence-corrected chi connectivity index (χ4v) is 2.33. The van der Waals surface area contributed by atoms with Crippen LogP contribution in [0.2, 0.25) is 0 Å². The van der Waals surface area contributed by atoms with Gasteiger partial charge in [-0.2, -0.15) is 5.10 Å². The number of fused-ring (bicyclic) bond motifs is 1. The normalized spacial score (nSPS) is 11.2. The van der Waals surface area contributed by atoms with Gasteiger partial charge < -0.3 is 0 Å². The second-order valence-corrected chi connectivity index (χ2v) is 5.26. The van der Waals surface area contributed by atoms with Crippen LogP contribution in [0.4, 0.5) is 10.1 Å². The molecule has 0 unspecified atom stereocenters. The van der Waals surface area contributed by atoms with Gasteiger partial charge >= 0.3 is 0 Å². The fraction of sp³-hybridized carbons (Fsp3) is 0.111. The van der Waals surface area contributed by atoms with Crippen molar-refractivity contribution in [3.8, 4) is 0 Å². The first kappa shape index (κ1) is 14.2. The Bertz CT molecular complexity index is 851. The average Bonchev–Trinajstić information content (AvgIpc) is 2.46. The first-order valence-corrected chi connectivity index (χ1v) is 7.04. The van der Waals surface area contributed by atoms with Crippen LogP contribution < -0.4 is 5.43 Å². The number of anilines is 1. The third kappa shape index (κ3) is 3.11. The Kier molecular flexibility index (Phi) is 3.83. The van der Waals surface area contributed by atoms with Crippen molar-refractivity contribution in [2.75, 3.05) is 5.43 Å². The zero-order valence-electron chi connectivity index (χ0n) is 12.5. The molecule has 3 nitrogen and oxygen atoms in total. The number of hydrogen-bond donors (Lipinski definition) is 1. The number of nitrogens with zero attached hydrogens (tertiary/aromatic N) is 2. The van der Waals surface area contributed by atoms with Gasteiger partial charge in [0, 0.05) is 11.1 Å². The van der Waals surface area contributed by atoms with E-state index in [9.17, 15) is 4.39 Å². The molecule has 110 valence electrons. The third-order valence-electron chi connectivity index (χ3n) is 3.34. The highest BCUT2D eigenvalue weighted by molar-refractivity contribution is 5.92. The number of pyridine rings is 1. The van der Waals surface area contributed by atoms with E-state index in [0.717, 1.165) is 22.3 Å². The number of aromatic nitrogens is 1. The monoisotopic (exact) mass is 293 g/mol. The average molecular weight is 293 g/mol. The number of hydrogen-bond acceptors (Lipinski definition) is 3. The molecule has 1 N–H and O–H groups in total. The molecule has 0 saturated carbocycles. The zero-order valence-corrected chi connectivity index (χ0v) is 12.5. The Balaban J connectivity index is 1.90. The van der Waals surface area contributed by atoms with E-state index in [4.69, 9.17) is 0 Å². The molecule has 2 aromatic carbocycles. The molecule has 0 amide bonds. The van der Waals surface area contributed by atoms with E-state index in [-0.39, 0.29) is 5.82 Å². The lowest BCUT2D eigenvalue weighted by molar-refractivity contribution is 0.627. The van der Waals surface area contributed by atoms with Crippen molar-refractivity contribution in [3.63, 3.8) is 0 Å². The minimum Gasteiger partial charge on any atom is -0.278 e. The van der Waals surface area contributed by atoms with Crippen molar-refractivity contribution < 1.29 is 4.39 Å². The van der Waals surface area contributed by atoms with Crippen molar-refractivity contribution in [3.05, 3.63) is 71.2 Å². The molecule has 1 aromatic heterocycles. The van der Waals surface area contributed by atoms with E-state index in [1.807, 2.05) is 38.1 Å². The Morgan fingerprint density at radius 3 is 2.77 bits per heavy atom. The van der Waals surface area contributed by atoms with E-state index < -0.39 is 0 Å². The molecule has 0 saturated heterocycles. The molecule has 3 aromatic rings. The van der Waals surface area contributed by atoms with Gasteiger partial charge in [-0.05, 0) is 49.2 Å². The molecule has 22 heavy (non-hydrogen) atoms. The summed E-state index contributed by atoms with van der Waals surface area (Å²) in [4.78, 5) is 4.53. The maximum Gasteiger partial charge on any atom is 0.123 e. The van der Waals surface area contributed by atoms with Gasteiger partial charge in [0.1, 0.15) is 5.82 Å². The topological polar surface area (TPSA) is 37.3 Å². The maximum atomic E-state index is 13.1. The standard InChI is InChI=1S/C18H16FN3/c1-12-6-7-16-17(8-12)21-13(2)9-18(16)22-20-11-14-4-3-5-15(19)10-14/h3-11H,1-2H3,(H,21,22)/b20-11+. The number of aryl methyl sites for hydroxylation is 2. The molecule has 0 aliphatic heterocycles. The molecule has 0 aliphatic carbocycles. The molecule has 4 heteroatoms. The van der Waals surface area contributed by atoms with Crippen LogP contribution in [0, 0.1) is 19.7 Å². The summed E-state index contributed by atoms with van der Waals surface area (Å²) < 4.78 is 13.1. The van der Waals surface area contributed by atoms with Crippen LogP contribution in [-0.4, -0.2) is 11.2 Å². The molecule has 3 rings (SSSR count). The van der Waals surface area contributed by atoms with E-state index in [1.165, 1.54) is 17.7 Å². The highest BCUT2D eigenvalue weighted by atomic mass is 19.1. The maximum absolute atomic E-state index is 13.1. The molecule has 0 spiro atoms. The quantitative estimate of drug-likeness (QED) is 0.572. The second-order valence-electron chi connectivity index (χ2n) is 5.26. The number of hydrazone groups is 1. The molecule has 0 bridgehead atoms. The summed E-state index contributed by atoms with van der Waals surface area (Å²) in [6.45, 7) is 3.99. The Morgan fingerprint density at radius 1 is 1.09 bits per heavy atom. The molecule has 0 fully saturated rings. The van der Waals surface area contributed by atoms with Crippen molar-refractivity contribution in [1.29, 1.82) is 0 Å². The van der Waals surface area contributed by atoms with Gasteiger partial charge in [-0.1, -0.05) is 24.3 Å². The van der Waals surface area contributed by atoms with Crippen LogP contribution >= 0.6 is 0 Å². The van der Waals surface area contributed by atoms with E-state index in [2.05, 4.69) is 15.5 Å². The van der Waals surface area contributed by atoms with Gasteiger partial charge in [0.2, 0.25) is 0 Å². The minimum atomic E-state index is -0.273. The first-order valence-electron chi connectivity index (χ1n) is 7.04. The van der Waals surface area contributed by atoms with Crippen molar-refractivity contribution in [2.45, 2.75) is 13.8 Å². The molecule has 0 atom stereocenters. The highest BCUT2D eigenvalue weighted by Crippen LogP contribution is 2.24. The van der Waals surface area contributed by atoms with Gasteiger partial charge in [-0.15, -0.1) is 0 Å². The SMILES string of the molecule is Cc1ccc2c(N/N=C/c3cccc(F)c3)cc(C)nc2c1. The predicted molar refractivity (Wildman–Crippen MR) is 88.8 cm³/mol. The lowest BCUT2D eigenvalue weighted by atomic mass is 10.1. The summed E-state index contributed by atoms with van der Waals surface area (Å²) >= 11 is 0. The van der Waals surface area contributed by atoms with Crippen LogP contribution in [0.25, 0.3) is 10.9 Å². The van der Waals surface area contributed by atoms with E-state index in [0.29, 0.717) is 5.56 Å². The first-order chi connectivity index (χ1) is 10.6. The third-order valence-corrected chi connectivity index (χ3v) is 3.34. The predicted octanol–water partition coefficient (Wildman–Crippen LogP) is 4.44.